The minimum absolute atomic E-state index is 0.290. The van der Waals surface area contributed by atoms with Crippen molar-refractivity contribution in [1.82, 2.24) is 5.32 Å². The summed E-state index contributed by atoms with van der Waals surface area (Å²) in [6.45, 7) is 0.944. The summed E-state index contributed by atoms with van der Waals surface area (Å²) in [5.74, 6) is 0.458. The highest BCUT2D eigenvalue weighted by molar-refractivity contribution is 7.98. The van der Waals surface area contributed by atoms with E-state index in [9.17, 15) is 4.39 Å². The van der Waals surface area contributed by atoms with Gasteiger partial charge in [0.15, 0.2) is 0 Å². The molecule has 0 spiro atoms. The van der Waals surface area contributed by atoms with Gasteiger partial charge in [0.05, 0.1) is 0 Å². The van der Waals surface area contributed by atoms with E-state index in [1.165, 1.54) is 35.4 Å². The fourth-order valence-electron chi connectivity index (χ4n) is 2.05. The van der Waals surface area contributed by atoms with Crippen molar-refractivity contribution >= 4 is 23.4 Å². The van der Waals surface area contributed by atoms with E-state index >= 15 is 0 Å². The minimum Gasteiger partial charge on any atom is -0.310 e. The van der Waals surface area contributed by atoms with Gasteiger partial charge in [0.2, 0.25) is 0 Å². The van der Waals surface area contributed by atoms with Crippen LogP contribution in [0.25, 0.3) is 0 Å². The first kappa shape index (κ1) is 14.9. The molecule has 2 aromatic rings. The number of rotatable bonds is 6. The molecule has 1 N–H and O–H groups in total. The summed E-state index contributed by atoms with van der Waals surface area (Å²) in [6, 6.07) is 13.9. The van der Waals surface area contributed by atoms with Gasteiger partial charge in [-0.15, -0.1) is 11.8 Å². The minimum atomic E-state index is -0.290. The molecule has 2 aromatic carbocycles. The average Bonchev–Trinajstić information content (AvgIpc) is 3.30. The van der Waals surface area contributed by atoms with Crippen LogP contribution in [0.2, 0.25) is 5.02 Å². The van der Waals surface area contributed by atoms with Gasteiger partial charge in [-0.05, 0) is 48.2 Å². The van der Waals surface area contributed by atoms with E-state index in [2.05, 4.69) is 29.6 Å². The van der Waals surface area contributed by atoms with Gasteiger partial charge < -0.3 is 5.32 Å². The Balaban J connectivity index is 1.54. The van der Waals surface area contributed by atoms with Gasteiger partial charge in [-0.3, -0.25) is 0 Å². The van der Waals surface area contributed by atoms with Gasteiger partial charge in [-0.25, -0.2) is 4.39 Å². The standard InChI is InChI=1S/C17H17ClFNS/c18-17-9-14(19)4-3-13(17)11-21-16-7-1-12(2-8-16)10-20-15-5-6-15/h1-4,7-9,15,20H,5-6,10-11H2. The van der Waals surface area contributed by atoms with Crippen LogP contribution in [-0.4, -0.2) is 6.04 Å². The van der Waals surface area contributed by atoms with E-state index in [1.807, 2.05) is 0 Å². The summed E-state index contributed by atoms with van der Waals surface area (Å²) < 4.78 is 13.0. The summed E-state index contributed by atoms with van der Waals surface area (Å²) in [4.78, 5) is 1.20. The molecule has 0 radical (unpaired) electrons. The van der Waals surface area contributed by atoms with Gasteiger partial charge in [-0.2, -0.15) is 0 Å². The first-order chi connectivity index (χ1) is 10.2. The molecule has 3 rings (SSSR count). The lowest BCUT2D eigenvalue weighted by molar-refractivity contribution is 0.627. The molecular weight excluding hydrogens is 305 g/mol. The zero-order valence-corrected chi connectivity index (χ0v) is 13.2. The highest BCUT2D eigenvalue weighted by atomic mass is 35.5. The van der Waals surface area contributed by atoms with Gasteiger partial charge in [0, 0.05) is 28.3 Å². The van der Waals surface area contributed by atoms with Gasteiger partial charge in [-0.1, -0.05) is 29.8 Å². The van der Waals surface area contributed by atoms with Gasteiger partial charge in [0.1, 0.15) is 5.82 Å². The van der Waals surface area contributed by atoms with E-state index < -0.39 is 0 Å². The lowest BCUT2D eigenvalue weighted by Gasteiger charge is -2.06. The molecule has 1 nitrogen and oxygen atoms in total. The molecule has 0 saturated heterocycles. The highest BCUT2D eigenvalue weighted by Gasteiger charge is 2.19. The maximum atomic E-state index is 13.0. The van der Waals surface area contributed by atoms with Crippen molar-refractivity contribution in [1.29, 1.82) is 0 Å². The van der Waals surface area contributed by atoms with E-state index in [0.717, 1.165) is 23.9 Å². The van der Waals surface area contributed by atoms with Crippen LogP contribution >= 0.6 is 23.4 Å². The van der Waals surface area contributed by atoms with Crippen molar-refractivity contribution in [3.05, 3.63) is 64.4 Å². The van der Waals surface area contributed by atoms with Gasteiger partial charge in [0.25, 0.3) is 0 Å². The smallest absolute Gasteiger partial charge is 0.124 e. The molecule has 21 heavy (non-hydrogen) atoms. The first-order valence-electron chi connectivity index (χ1n) is 7.10. The molecule has 0 aliphatic heterocycles. The van der Waals surface area contributed by atoms with Crippen LogP contribution in [0.15, 0.2) is 47.4 Å². The van der Waals surface area contributed by atoms with E-state index in [-0.39, 0.29) is 5.82 Å². The zero-order valence-electron chi connectivity index (χ0n) is 11.6. The second-order valence-electron chi connectivity index (χ2n) is 5.32. The molecule has 0 atom stereocenters. The van der Waals surface area contributed by atoms with E-state index in [0.29, 0.717) is 5.02 Å². The average molecular weight is 322 g/mol. The molecule has 110 valence electrons. The van der Waals surface area contributed by atoms with Crippen molar-refractivity contribution in [3.63, 3.8) is 0 Å². The summed E-state index contributed by atoms with van der Waals surface area (Å²) in [5.41, 5.74) is 2.27. The molecule has 0 bridgehead atoms. The first-order valence-corrected chi connectivity index (χ1v) is 8.46. The third-order valence-corrected chi connectivity index (χ3v) is 4.92. The number of nitrogens with one attached hydrogen (secondary N) is 1. The third-order valence-electron chi connectivity index (χ3n) is 3.51. The molecule has 1 saturated carbocycles. The fraction of sp³-hybridized carbons (Fsp3) is 0.294. The molecule has 0 unspecified atom stereocenters. The van der Waals surface area contributed by atoms with Gasteiger partial charge >= 0.3 is 0 Å². The Morgan fingerprint density at radius 1 is 1.14 bits per heavy atom. The summed E-state index contributed by atoms with van der Waals surface area (Å²) in [7, 11) is 0. The largest absolute Gasteiger partial charge is 0.310 e. The number of benzene rings is 2. The maximum absolute atomic E-state index is 13.0. The quantitative estimate of drug-likeness (QED) is 0.749. The van der Waals surface area contributed by atoms with Crippen LogP contribution in [0, 0.1) is 5.82 Å². The van der Waals surface area contributed by atoms with E-state index in [4.69, 9.17) is 11.6 Å². The van der Waals surface area contributed by atoms with E-state index in [1.54, 1.807) is 17.8 Å². The summed E-state index contributed by atoms with van der Waals surface area (Å²) >= 11 is 7.75. The van der Waals surface area contributed by atoms with Crippen LogP contribution in [-0.2, 0) is 12.3 Å². The Labute approximate surface area is 133 Å². The Morgan fingerprint density at radius 3 is 2.57 bits per heavy atom. The molecule has 0 amide bonds. The lowest BCUT2D eigenvalue weighted by Crippen LogP contribution is -2.14. The number of hydrogen-bond acceptors (Lipinski definition) is 2. The Hall–Kier alpha value is -1.03. The Bertz CT molecular complexity index is 611. The fourth-order valence-corrected chi connectivity index (χ4v) is 3.27. The lowest BCUT2D eigenvalue weighted by atomic mass is 10.2. The van der Waals surface area contributed by atoms with Crippen LogP contribution in [0.3, 0.4) is 0 Å². The topological polar surface area (TPSA) is 12.0 Å². The second kappa shape index (κ2) is 6.82. The van der Waals surface area contributed by atoms with Crippen LogP contribution in [0.1, 0.15) is 24.0 Å². The SMILES string of the molecule is Fc1ccc(CSc2ccc(CNC3CC3)cc2)c(Cl)c1. The number of thioether (sulfide) groups is 1. The maximum Gasteiger partial charge on any atom is 0.124 e. The molecule has 4 heteroatoms. The third kappa shape index (κ3) is 4.47. The molecular formula is C17H17ClFNS. The zero-order chi connectivity index (χ0) is 14.7. The predicted octanol–water partition coefficient (Wildman–Crippen LogP) is 5.02. The monoisotopic (exact) mass is 321 g/mol. The number of hydrogen-bond donors (Lipinski definition) is 1. The van der Waals surface area contributed by atoms with Crippen molar-refractivity contribution in [2.45, 2.75) is 36.1 Å². The predicted molar refractivity (Wildman–Crippen MR) is 87.3 cm³/mol. The van der Waals surface area contributed by atoms with Crippen LogP contribution in [0.4, 0.5) is 4.39 Å². The van der Waals surface area contributed by atoms with Crippen molar-refractivity contribution in [2.24, 2.45) is 0 Å². The van der Waals surface area contributed by atoms with Crippen molar-refractivity contribution in [2.75, 3.05) is 0 Å². The normalized spacial score (nSPS) is 14.4. The van der Waals surface area contributed by atoms with Crippen molar-refractivity contribution < 1.29 is 4.39 Å². The molecule has 1 fully saturated rings. The van der Waals surface area contributed by atoms with Crippen molar-refractivity contribution in [3.8, 4) is 0 Å². The molecule has 1 aliphatic rings. The Kier molecular flexibility index (Phi) is 4.84. The summed E-state index contributed by atoms with van der Waals surface area (Å²) in [6.07, 6.45) is 2.62. The molecule has 1 aliphatic carbocycles. The molecule has 0 aromatic heterocycles. The highest BCUT2D eigenvalue weighted by Crippen LogP contribution is 2.27. The van der Waals surface area contributed by atoms with Crippen LogP contribution in [0.5, 0.6) is 0 Å². The Morgan fingerprint density at radius 2 is 1.90 bits per heavy atom. The number of halogens is 2. The van der Waals surface area contributed by atoms with Crippen LogP contribution < -0.4 is 5.32 Å². The second-order valence-corrected chi connectivity index (χ2v) is 6.78. The molecule has 0 heterocycles. The summed E-state index contributed by atoms with van der Waals surface area (Å²) in [5, 5.41) is 4.00.